The molecule has 116 valence electrons. The van der Waals surface area contributed by atoms with Crippen molar-refractivity contribution in [1.29, 1.82) is 5.26 Å². The Labute approximate surface area is 128 Å². The van der Waals surface area contributed by atoms with Crippen LogP contribution in [0, 0.1) is 11.3 Å². The van der Waals surface area contributed by atoms with Crippen LogP contribution in [-0.2, 0) is 16.2 Å². The maximum absolute atomic E-state index is 12.7. The molecule has 2 rings (SSSR count). The van der Waals surface area contributed by atoms with E-state index in [-0.39, 0.29) is 5.13 Å². The SMILES string of the molecule is CN(c1nccs1)S(=O)(=O)c1ccc(C(F)(F)F)c(C#N)c1. The molecule has 22 heavy (non-hydrogen) atoms. The number of nitriles is 1. The summed E-state index contributed by atoms with van der Waals surface area (Å²) in [5.41, 5.74) is -1.92. The van der Waals surface area contributed by atoms with Crippen molar-refractivity contribution in [1.82, 2.24) is 4.98 Å². The minimum absolute atomic E-state index is 0.165. The molecule has 0 aliphatic carbocycles. The van der Waals surface area contributed by atoms with Gasteiger partial charge in [0.1, 0.15) is 0 Å². The fourth-order valence-corrected chi connectivity index (χ4v) is 3.67. The van der Waals surface area contributed by atoms with Crippen LogP contribution in [0.5, 0.6) is 0 Å². The molecular weight excluding hydrogens is 339 g/mol. The molecule has 0 aliphatic heterocycles. The van der Waals surface area contributed by atoms with Crippen molar-refractivity contribution in [3.05, 3.63) is 40.9 Å². The molecule has 0 N–H and O–H groups in total. The highest BCUT2D eigenvalue weighted by Crippen LogP contribution is 2.33. The van der Waals surface area contributed by atoms with E-state index in [4.69, 9.17) is 5.26 Å². The van der Waals surface area contributed by atoms with E-state index in [9.17, 15) is 21.6 Å². The molecule has 5 nitrogen and oxygen atoms in total. The lowest BCUT2D eigenvalue weighted by molar-refractivity contribution is -0.137. The molecule has 1 heterocycles. The number of thiazole rings is 1. The molecule has 0 atom stereocenters. The van der Waals surface area contributed by atoms with Gasteiger partial charge in [-0.15, -0.1) is 11.3 Å². The van der Waals surface area contributed by atoms with Crippen molar-refractivity contribution in [2.75, 3.05) is 11.4 Å². The maximum Gasteiger partial charge on any atom is 0.417 e. The van der Waals surface area contributed by atoms with Crippen molar-refractivity contribution in [3.8, 4) is 6.07 Å². The minimum atomic E-state index is -4.73. The molecule has 0 amide bonds. The monoisotopic (exact) mass is 347 g/mol. The van der Waals surface area contributed by atoms with Gasteiger partial charge in [-0.25, -0.2) is 17.7 Å². The van der Waals surface area contributed by atoms with Crippen LogP contribution in [0.1, 0.15) is 11.1 Å². The van der Waals surface area contributed by atoms with E-state index >= 15 is 0 Å². The number of benzene rings is 1. The molecule has 0 spiro atoms. The van der Waals surface area contributed by atoms with E-state index in [0.717, 1.165) is 21.7 Å². The molecule has 0 bridgehead atoms. The van der Waals surface area contributed by atoms with Gasteiger partial charge in [-0.2, -0.15) is 18.4 Å². The first-order chi connectivity index (χ1) is 10.2. The number of alkyl halides is 3. The van der Waals surface area contributed by atoms with Gasteiger partial charge in [-0.1, -0.05) is 0 Å². The van der Waals surface area contributed by atoms with Crippen LogP contribution in [0.15, 0.2) is 34.7 Å². The summed E-state index contributed by atoms with van der Waals surface area (Å²) in [4.78, 5) is 3.42. The third-order valence-electron chi connectivity index (χ3n) is 2.76. The topological polar surface area (TPSA) is 74.1 Å². The maximum atomic E-state index is 12.7. The van der Waals surface area contributed by atoms with E-state index in [1.807, 2.05) is 0 Å². The molecule has 0 radical (unpaired) electrons. The van der Waals surface area contributed by atoms with E-state index in [1.54, 1.807) is 5.38 Å². The van der Waals surface area contributed by atoms with E-state index in [0.29, 0.717) is 12.1 Å². The summed E-state index contributed by atoms with van der Waals surface area (Å²) in [6.45, 7) is 0. The molecule has 0 saturated carbocycles. The van der Waals surface area contributed by atoms with Crippen LogP contribution in [0.4, 0.5) is 18.3 Å². The third kappa shape index (κ3) is 2.90. The van der Waals surface area contributed by atoms with Crippen LogP contribution in [-0.4, -0.2) is 20.4 Å². The molecule has 0 aliphatic rings. The number of hydrogen-bond acceptors (Lipinski definition) is 5. The van der Waals surface area contributed by atoms with E-state index < -0.39 is 32.2 Å². The Morgan fingerprint density at radius 3 is 2.55 bits per heavy atom. The number of halogens is 3. The Bertz CT molecular complexity index is 824. The second-order valence-electron chi connectivity index (χ2n) is 4.10. The van der Waals surface area contributed by atoms with Crippen LogP contribution in [0.2, 0.25) is 0 Å². The second kappa shape index (κ2) is 5.58. The zero-order chi connectivity index (χ0) is 16.5. The molecule has 0 unspecified atom stereocenters. The molecule has 0 saturated heterocycles. The molecule has 1 aromatic carbocycles. The molecule has 1 aromatic heterocycles. The van der Waals surface area contributed by atoms with Crippen LogP contribution < -0.4 is 4.31 Å². The van der Waals surface area contributed by atoms with Gasteiger partial charge in [0.2, 0.25) is 0 Å². The van der Waals surface area contributed by atoms with Gasteiger partial charge < -0.3 is 0 Å². The average Bonchev–Trinajstić information content (AvgIpc) is 2.98. The molecule has 0 fully saturated rings. The Hall–Kier alpha value is -2.12. The minimum Gasteiger partial charge on any atom is -0.244 e. The predicted molar refractivity (Wildman–Crippen MR) is 73.9 cm³/mol. The smallest absolute Gasteiger partial charge is 0.244 e. The van der Waals surface area contributed by atoms with Gasteiger partial charge in [0.05, 0.1) is 22.1 Å². The Morgan fingerprint density at radius 2 is 2.05 bits per heavy atom. The van der Waals surface area contributed by atoms with Gasteiger partial charge in [0.25, 0.3) is 10.0 Å². The normalized spacial score (nSPS) is 12.0. The Kier molecular flexibility index (Phi) is 4.12. The van der Waals surface area contributed by atoms with Crippen LogP contribution >= 0.6 is 11.3 Å². The lowest BCUT2D eigenvalue weighted by Gasteiger charge is -2.17. The zero-order valence-corrected chi connectivity index (χ0v) is 12.6. The number of hydrogen-bond donors (Lipinski definition) is 0. The summed E-state index contributed by atoms with van der Waals surface area (Å²) >= 11 is 1.06. The highest BCUT2D eigenvalue weighted by atomic mass is 32.2. The van der Waals surface area contributed by atoms with Gasteiger partial charge in [-0.05, 0) is 18.2 Å². The lowest BCUT2D eigenvalue weighted by Crippen LogP contribution is -2.26. The molecule has 2 aromatic rings. The second-order valence-corrected chi connectivity index (χ2v) is 6.95. The summed E-state index contributed by atoms with van der Waals surface area (Å²) < 4.78 is 63.8. The summed E-state index contributed by atoms with van der Waals surface area (Å²) in [6.07, 6.45) is -3.33. The van der Waals surface area contributed by atoms with Crippen molar-refractivity contribution >= 4 is 26.5 Å². The quantitative estimate of drug-likeness (QED) is 0.856. The van der Waals surface area contributed by atoms with E-state index in [2.05, 4.69) is 4.98 Å². The largest absolute Gasteiger partial charge is 0.417 e. The highest BCUT2D eigenvalue weighted by molar-refractivity contribution is 7.93. The van der Waals surface area contributed by atoms with Crippen LogP contribution in [0.25, 0.3) is 0 Å². The highest BCUT2D eigenvalue weighted by Gasteiger charge is 2.35. The first kappa shape index (κ1) is 16.3. The Balaban J connectivity index is 2.52. The van der Waals surface area contributed by atoms with E-state index in [1.165, 1.54) is 19.3 Å². The predicted octanol–water partition coefficient (Wildman–Crippen LogP) is 2.86. The van der Waals surface area contributed by atoms with Crippen molar-refractivity contribution in [2.24, 2.45) is 0 Å². The summed E-state index contributed by atoms with van der Waals surface area (Å²) in [5, 5.41) is 10.6. The summed E-state index contributed by atoms with van der Waals surface area (Å²) in [5.74, 6) is 0. The number of anilines is 1. The first-order valence-electron chi connectivity index (χ1n) is 5.67. The summed E-state index contributed by atoms with van der Waals surface area (Å²) in [6, 6.07) is 3.49. The van der Waals surface area contributed by atoms with Gasteiger partial charge in [-0.3, -0.25) is 0 Å². The number of sulfonamides is 1. The average molecular weight is 347 g/mol. The van der Waals surface area contributed by atoms with Gasteiger partial charge in [0, 0.05) is 18.6 Å². The summed E-state index contributed by atoms with van der Waals surface area (Å²) in [7, 11) is -2.86. The number of rotatable bonds is 3. The van der Waals surface area contributed by atoms with Gasteiger partial charge >= 0.3 is 6.18 Å². The number of nitrogens with zero attached hydrogens (tertiary/aromatic N) is 3. The standard InChI is InChI=1S/C12H8F3N3O2S2/c1-18(11-17-4-5-21-11)22(19,20)9-2-3-10(12(13,14)15)8(6-9)7-16/h2-6H,1H3. The fraction of sp³-hybridized carbons (Fsp3) is 0.167. The van der Waals surface area contributed by atoms with Crippen LogP contribution in [0.3, 0.4) is 0 Å². The third-order valence-corrected chi connectivity index (χ3v) is 5.47. The van der Waals surface area contributed by atoms with Crippen molar-refractivity contribution < 1.29 is 21.6 Å². The van der Waals surface area contributed by atoms with Crippen molar-refractivity contribution in [2.45, 2.75) is 11.1 Å². The van der Waals surface area contributed by atoms with Crippen molar-refractivity contribution in [3.63, 3.8) is 0 Å². The first-order valence-corrected chi connectivity index (χ1v) is 7.99. The zero-order valence-electron chi connectivity index (χ0n) is 11.0. The lowest BCUT2D eigenvalue weighted by atomic mass is 10.1. The Morgan fingerprint density at radius 1 is 1.36 bits per heavy atom. The molecular formula is C12H8F3N3O2S2. The molecule has 10 heteroatoms. The number of aromatic nitrogens is 1. The van der Waals surface area contributed by atoms with Gasteiger partial charge in [0.15, 0.2) is 5.13 Å². The fourth-order valence-electron chi connectivity index (χ4n) is 1.66.